The number of rotatable bonds is 7. The van der Waals surface area contributed by atoms with Gasteiger partial charge in [0, 0.05) is 4.47 Å². The molecule has 1 N–H and O–H groups in total. The van der Waals surface area contributed by atoms with Crippen LogP contribution in [0.3, 0.4) is 0 Å². The average molecular weight is 429 g/mol. The molecule has 0 radical (unpaired) electrons. The SMILES string of the molecule is O=C(COc1ccc(Br)cc1Br)NCCOc1ccccc1. The molecule has 0 aliphatic rings. The molecule has 116 valence electrons. The Bertz CT molecular complexity index is 620. The van der Waals surface area contributed by atoms with E-state index < -0.39 is 0 Å². The summed E-state index contributed by atoms with van der Waals surface area (Å²) >= 11 is 6.74. The standard InChI is InChI=1S/C16H15Br2NO3/c17-12-6-7-15(14(18)10-12)22-11-16(20)19-8-9-21-13-4-2-1-3-5-13/h1-7,10H,8-9,11H2,(H,19,20). The highest BCUT2D eigenvalue weighted by atomic mass is 79.9. The first-order chi connectivity index (χ1) is 10.6. The van der Waals surface area contributed by atoms with E-state index >= 15 is 0 Å². The number of hydrogen-bond donors (Lipinski definition) is 1. The second-order valence-corrected chi connectivity index (χ2v) is 6.14. The Morgan fingerprint density at radius 1 is 1.05 bits per heavy atom. The van der Waals surface area contributed by atoms with Crippen LogP contribution in [0.15, 0.2) is 57.5 Å². The number of para-hydroxylation sites is 1. The van der Waals surface area contributed by atoms with E-state index in [0.717, 1.165) is 14.7 Å². The number of ether oxygens (including phenoxy) is 2. The maximum atomic E-state index is 11.7. The van der Waals surface area contributed by atoms with Crippen LogP contribution < -0.4 is 14.8 Å². The van der Waals surface area contributed by atoms with Gasteiger partial charge in [-0.1, -0.05) is 34.1 Å². The molecule has 1 amide bonds. The molecule has 2 aromatic rings. The van der Waals surface area contributed by atoms with E-state index in [1.807, 2.05) is 42.5 Å². The van der Waals surface area contributed by atoms with E-state index in [1.54, 1.807) is 6.07 Å². The minimum atomic E-state index is -0.188. The monoisotopic (exact) mass is 427 g/mol. The van der Waals surface area contributed by atoms with E-state index in [9.17, 15) is 4.79 Å². The lowest BCUT2D eigenvalue weighted by Crippen LogP contribution is -2.32. The van der Waals surface area contributed by atoms with Gasteiger partial charge in [-0.15, -0.1) is 0 Å². The zero-order valence-electron chi connectivity index (χ0n) is 11.7. The molecule has 2 aromatic carbocycles. The van der Waals surface area contributed by atoms with Crippen LogP contribution in [0.5, 0.6) is 11.5 Å². The van der Waals surface area contributed by atoms with Crippen molar-refractivity contribution in [2.24, 2.45) is 0 Å². The van der Waals surface area contributed by atoms with Gasteiger partial charge in [-0.2, -0.15) is 0 Å². The van der Waals surface area contributed by atoms with Crippen LogP contribution >= 0.6 is 31.9 Å². The third kappa shape index (κ3) is 5.69. The summed E-state index contributed by atoms with van der Waals surface area (Å²) in [7, 11) is 0. The Balaban J connectivity index is 1.65. The molecule has 0 aliphatic carbocycles. The zero-order chi connectivity index (χ0) is 15.8. The number of carbonyl (C=O) groups excluding carboxylic acids is 1. The summed E-state index contributed by atoms with van der Waals surface area (Å²) in [6, 6.07) is 15.0. The fourth-order valence-corrected chi connectivity index (χ4v) is 2.82. The summed E-state index contributed by atoms with van der Waals surface area (Å²) in [4.78, 5) is 11.7. The molecule has 0 atom stereocenters. The molecule has 0 unspecified atom stereocenters. The van der Waals surface area contributed by atoms with Crippen LogP contribution in [0.1, 0.15) is 0 Å². The van der Waals surface area contributed by atoms with Crippen molar-refractivity contribution < 1.29 is 14.3 Å². The Morgan fingerprint density at radius 2 is 1.82 bits per heavy atom. The van der Waals surface area contributed by atoms with Gasteiger partial charge in [-0.25, -0.2) is 0 Å². The third-order valence-electron chi connectivity index (χ3n) is 2.69. The number of carbonyl (C=O) groups is 1. The van der Waals surface area contributed by atoms with Crippen LogP contribution in [-0.4, -0.2) is 25.7 Å². The predicted molar refractivity (Wildman–Crippen MR) is 92.3 cm³/mol. The average Bonchev–Trinajstić information content (AvgIpc) is 2.52. The number of benzene rings is 2. The Labute approximate surface area is 146 Å². The van der Waals surface area contributed by atoms with Gasteiger partial charge in [0.1, 0.15) is 18.1 Å². The summed E-state index contributed by atoms with van der Waals surface area (Å²) in [5.74, 6) is 1.22. The molecule has 0 bridgehead atoms. The van der Waals surface area contributed by atoms with Gasteiger partial charge in [-0.05, 0) is 46.3 Å². The van der Waals surface area contributed by atoms with Crippen molar-refractivity contribution in [3.8, 4) is 11.5 Å². The van der Waals surface area contributed by atoms with Gasteiger partial charge in [0.2, 0.25) is 0 Å². The van der Waals surface area contributed by atoms with Crippen molar-refractivity contribution in [1.82, 2.24) is 5.32 Å². The van der Waals surface area contributed by atoms with Gasteiger partial charge >= 0.3 is 0 Å². The van der Waals surface area contributed by atoms with Crippen molar-refractivity contribution in [3.63, 3.8) is 0 Å². The quantitative estimate of drug-likeness (QED) is 0.682. The second kappa shape index (κ2) is 8.80. The molecular weight excluding hydrogens is 414 g/mol. The van der Waals surface area contributed by atoms with Crippen LogP contribution in [0.4, 0.5) is 0 Å². The lowest BCUT2D eigenvalue weighted by atomic mass is 10.3. The molecule has 0 aromatic heterocycles. The number of nitrogens with one attached hydrogen (secondary N) is 1. The zero-order valence-corrected chi connectivity index (χ0v) is 14.9. The molecule has 0 saturated heterocycles. The molecule has 2 rings (SSSR count). The van der Waals surface area contributed by atoms with Crippen LogP contribution in [-0.2, 0) is 4.79 Å². The van der Waals surface area contributed by atoms with Gasteiger partial charge in [-0.3, -0.25) is 4.79 Å². The van der Waals surface area contributed by atoms with Crippen LogP contribution in [0, 0.1) is 0 Å². The Hall–Kier alpha value is -1.53. The molecule has 4 nitrogen and oxygen atoms in total. The van der Waals surface area contributed by atoms with Crippen molar-refractivity contribution in [1.29, 1.82) is 0 Å². The van der Waals surface area contributed by atoms with E-state index in [1.165, 1.54) is 0 Å². The smallest absolute Gasteiger partial charge is 0.258 e. The van der Waals surface area contributed by atoms with Crippen molar-refractivity contribution in [2.45, 2.75) is 0 Å². The summed E-state index contributed by atoms with van der Waals surface area (Å²) in [5.41, 5.74) is 0. The first kappa shape index (κ1) is 16.8. The second-order valence-electron chi connectivity index (χ2n) is 4.37. The molecule has 6 heteroatoms. The number of amides is 1. The van der Waals surface area contributed by atoms with Crippen molar-refractivity contribution >= 4 is 37.8 Å². The number of hydrogen-bond acceptors (Lipinski definition) is 3. The highest BCUT2D eigenvalue weighted by Crippen LogP contribution is 2.27. The molecule has 0 heterocycles. The summed E-state index contributed by atoms with van der Waals surface area (Å²) in [5, 5.41) is 2.74. The first-order valence-electron chi connectivity index (χ1n) is 6.67. The Morgan fingerprint density at radius 3 is 2.55 bits per heavy atom. The minimum absolute atomic E-state index is 0.0361. The third-order valence-corrected chi connectivity index (χ3v) is 3.80. The highest BCUT2D eigenvalue weighted by molar-refractivity contribution is 9.11. The summed E-state index contributed by atoms with van der Waals surface area (Å²) in [6.45, 7) is 0.807. The first-order valence-corrected chi connectivity index (χ1v) is 8.26. The summed E-state index contributed by atoms with van der Waals surface area (Å²) in [6.07, 6.45) is 0. The maximum Gasteiger partial charge on any atom is 0.258 e. The minimum Gasteiger partial charge on any atom is -0.492 e. The molecule has 0 saturated carbocycles. The van der Waals surface area contributed by atoms with E-state index in [2.05, 4.69) is 37.2 Å². The lowest BCUT2D eigenvalue weighted by Gasteiger charge is -2.10. The van der Waals surface area contributed by atoms with E-state index in [-0.39, 0.29) is 12.5 Å². The summed E-state index contributed by atoms with van der Waals surface area (Å²) < 4.78 is 12.7. The van der Waals surface area contributed by atoms with E-state index in [0.29, 0.717) is 18.9 Å². The fraction of sp³-hybridized carbons (Fsp3) is 0.188. The molecule has 22 heavy (non-hydrogen) atoms. The highest BCUT2D eigenvalue weighted by Gasteiger charge is 2.05. The lowest BCUT2D eigenvalue weighted by molar-refractivity contribution is -0.123. The van der Waals surface area contributed by atoms with Crippen LogP contribution in [0.25, 0.3) is 0 Å². The molecule has 0 fully saturated rings. The van der Waals surface area contributed by atoms with Gasteiger partial charge < -0.3 is 14.8 Å². The fourth-order valence-electron chi connectivity index (χ4n) is 1.66. The predicted octanol–water partition coefficient (Wildman–Crippen LogP) is 3.79. The van der Waals surface area contributed by atoms with Crippen molar-refractivity contribution in [3.05, 3.63) is 57.5 Å². The van der Waals surface area contributed by atoms with Gasteiger partial charge in [0.05, 0.1) is 11.0 Å². The maximum absolute atomic E-state index is 11.7. The normalized spacial score (nSPS) is 10.1. The van der Waals surface area contributed by atoms with Crippen molar-refractivity contribution in [2.75, 3.05) is 19.8 Å². The van der Waals surface area contributed by atoms with Gasteiger partial charge in [0.15, 0.2) is 6.61 Å². The molecular formula is C16H15Br2NO3. The molecule has 0 spiro atoms. The van der Waals surface area contributed by atoms with E-state index in [4.69, 9.17) is 9.47 Å². The molecule has 0 aliphatic heterocycles. The Kier molecular flexibility index (Phi) is 6.74. The number of halogens is 2. The topological polar surface area (TPSA) is 47.6 Å². The van der Waals surface area contributed by atoms with Gasteiger partial charge in [0.25, 0.3) is 5.91 Å². The largest absolute Gasteiger partial charge is 0.492 e. The van der Waals surface area contributed by atoms with Crippen LogP contribution in [0.2, 0.25) is 0 Å².